The van der Waals surface area contributed by atoms with Crippen LogP contribution in [-0.2, 0) is 28.6 Å². The van der Waals surface area contributed by atoms with Crippen LogP contribution in [0.2, 0.25) is 0 Å². The highest BCUT2D eigenvalue weighted by atomic mass is 16.6. The Balaban J connectivity index is 4.30. The van der Waals surface area contributed by atoms with Gasteiger partial charge in [-0.2, -0.15) is 0 Å². The highest BCUT2D eigenvalue weighted by Crippen LogP contribution is 2.17. The van der Waals surface area contributed by atoms with Crippen molar-refractivity contribution in [3.63, 3.8) is 0 Å². The Labute approximate surface area is 473 Å². The van der Waals surface area contributed by atoms with Gasteiger partial charge in [0.2, 0.25) is 0 Å². The predicted octanol–water partition coefficient (Wildman–Crippen LogP) is 22.9. The van der Waals surface area contributed by atoms with Crippen LogP contribution in [0.3, 0.4) is 0 Å². The first-order valence-corrected chi connectivity index (χ1v) is 33.6. The molecule has 0 N–H and O–H groups in total. The molecule has 0 aromatic rings. The third-order valence-electron chi connectivity index (χ3n) is 15.0. The van der Waals surface area contributed by atoms with Gasteiger partial charge in [-0.05, 0) is 103 Å². The average Bonchev–Trinajstić information content (AvgIpc) is 3.42. The molecule has 0 heterocycles. The van der Waals surface area contributed by atoms with Crippen LogP contribution in [0.5, 0.6) is 0 Å². The number of rotatable bonds is 62. The van der Waals surface area contributed by atoms with Crippen molar-refractivity contribution in [1.29, 1.82) is 0 Å². The van der Waals surface area contributed by atoms with Crippen molar-refractivity contribution in [3.8, 4) is 0 Å². The van der Waals surface area contributed by atoms with Gasteiger partial charge in [-0.25, -0.2) is 0 Å². The maximum absolute atomic E-state index is 12.9. The maximum Gasteiger partial charge on any atom is 0.306 e. The third-order valence-corrected chi connectivity index (χ3v) is 15.0. The van der Waals surface area contributed by atoms with Gasteiger partial charge in [-0.1, -0.05) is 288 Å². The van der Waals surface area contributed by atoms with Crippen LogP contribution >= 0.6 is 0 Å². The first-order chi connectivity index (χ1) is 37.5. The van der Waals surface area contributed by atoms with E-state index in [0.717, 1.165) is 77.0 Å². The van der Waals surface area contributed by atoms with Crippen molar-refractivity contribution >= 4 is 17.9 Å². The minimum absolute atomic E-state index is 0.0767. The Morgan fingerprint density at radius 2 is 0.474 bits per heavy atom. The second-order valence-corrected chi connectivity index (χ2v) is 22.7. The summed E-state index contributed by atoms with van der Waals surface area (Å²) in [6.07, 6.45) is 81.2. The summed E-state index contributed by atoms with van der Waals surface area (Å²) >= 11 is 0. The molecule has 0 saturated carbocycles. The van der Waals surface area contributed by atoms with Crippen molar-refractivity contribution in [1.82, 2.24) is 0 Å². The van der Waals surface area contributed by atoms with Crippen LogP contribution in [0.1, 0.15) is 361 Å². The van der Waals surface area contributed by atoms with Crippen molar-refractivity contribution < 1.29 is 28.6 Å². The fourth-order valence-corrected chi connectivity index (χ4v) is 9.94. The molecule has 0 aliphatic rings. The summed E-state index contributed by atoms with van der Waals surface area (Å²) in [6.45, 7) is 6.66. The second-order valence-electron chi connectivity index (χ2n) is 22.7. The van der Waals surface area contributed by atoms with E-state index >= 15 is 0 Å². The normalized spacial score (nSPS) is 12.3. The van der Waals surface area contributed by atoms with Crippen molar-refractivity contribution in [2.24, 2.45) is 0 Å². The summed E-state index contributed by atoms with van der Waals surface area (Å²) in [5, 5.41) is 0. The first kappa shape index (κ1) is 73.4. The molecular weight excluding hydrogens is 937 g/mol. The molecule has 0 spiro atoms. The number of allylic oxidation sites excluding steroid dienone is 8. The molecule has 0 bridgehead atoms. The molecule has 0 aliphatic carbocycles. The zero-order chi connectivity index (χ0) is 55.0. The standard InChI is InChI=1S/C70H128O6/c1-4-7-10-13-16-19-22-25-28-31-32-33-34-35-36-37-38-40-42-45-48-51-54-57-60-63-69(72)75-66-67(65-74-68(71)62-59-56-53-50-47-44-41-30-27-24-21-18-15-12-9-6-3)76-70(73)64-61-58-55-52-49-46-43-39-29-26-23-20-17-14-11-8-5-2/h21,24,26,29-32,41,67H,4-20,22-23,25,27-28,33-40,42-66H2,1-3H3/b24-21-,29-26-,32-31-,41-30-. The molecule has 444 valence electrons. The second kappa shape index (κ2) is 64.9. The van der Waals surface area contributed by atoms with Gasteiger partial charge in [0, 0.05) is 19.3 Å². The number of esters is 3. The van der Waals surface area contributed by atoms with Crippen molar-refractivity contribution in [2.75, 3.05) is 13.2 Å². The van der Waals surface area contributed by atoms with E-state index in [2.05, 4.69) is 69.4 Å². The van der Waals surface area contributed by atoms with Crippen LogP contribution < -0.4 is 0 Å². The molecule has 0 aromatic carbocycles. The van der Waals surface area contributed by atoms with Crippen LogP contribution in [0.15, 0.2) is 48.6 Å². The summed E-state index contributed by atoms with van der Waals surface area (Å²) in [5.41, 5.74) is 0. The third kappa shape index (κ3) is 62.2. The SMILES string of the molecule is CCCCCC/C=C\C/C=C\CCCCCCCC(=O)OCC(COC(=O)CCCCCCCCCCCCCCC/C=C\CCCCCCCCCC)OC(=O)CCCCCCCCC/C=C\CCCCCCCC. The molecule has 1 unspecified atom stereocenters. The van der Waals surface area contributed by atoms with E-state index in [1.54, 1.807) is 0 Å². The predicted molar refractivity (Wildman–Crippen MR) is 330 cm³/mol. The zero-order valence-corrected chi connectivity index (χ0v) is 51.0. The van der Waals surface area contributed by atoms with E-state index in [9.17, 15) is 14.4 Å². The first-order valence-electron chi connectivity index (χ1n) is 33.6. The molecule has 0 rings (SSSR count). The molecule has 76 heavy (non-hydrogen) atoms. The number of carbonyl (C=O) groups is 3. The van der Waals surface area contributed by atoms with Crippen LogP contribution in [0.25, 0.3) is 0 Å². The van der Waals surface area contributed by atoms with Gasteiger partial charge in [0.1, 0.15) is 13.2 Å². The quantitative estimate of drug-likeness (QED) is 0.0261. The zero-order valence-electron chi connectivity index (χ0n) is 51.0. The molecule has 0 radical (unpaired) electrons. The number of ether oxygens (including phenoxy) is 3. The van der Waals surface area contributed by atoms with E-state index in [1.165, 1.54) is 244 Å². The number of hydrogen-bond acceptors (Lipinski definition) is 6. The fraction of sp³-hybridized carbons (Fsp3) is 0.843. The lowest BCUT2D eigenvalue weighted by Crippen LogP contribution is -2.30. The average molecular weight is 1070 g/mol. The van der Waals surface area contributed by atoms with Crippen LogP contribution in [0.4, 0.5) is 0 Å². The van der Waals surface area contributed by atoms with E-state index in [-0.39, 0.29) is 31.1 Å². The molecule has 0 amide bonds. The molecule has 1 atom stereocenters. The molecule has 6 heteroatoms. The minimum Gasteiger partial charge on any atom is -0.462 e. The Hall–Kier alpha value is -2.63. The number of hydrogen-bond donors (Lipinski definition) is 0. The Morgan fingerprint density at radius 3 is 0.750 bits per heavy atom. The maximum atomic E-state index is 12.9. The summed E-state index contributed by atoms with van der Waals surface area (Å²) in [6, 6.07) is 0. The minimum atomic E-state index is -0.781. The fourth-order valence-electron chi connectivity index (χ4n) is 9.94. The largest absolute Gasteiger partial charge is 0.462 e. The topological polar surface area (TPSA) is 78.9 Å². The summed E-state index contributed by atoms with van der Waals surface area (Å²) in [7, 11) is 0. The summed E-state index contributed by atoms with van der Waals surface area (Å²) < 4.78 is 17.0. The molecule has 0 saturated heterocycles. The Morgan fingerprint density at radius 1 is 0.263 bits per heavy atom. The van der Waals surface area contributed by atoms with Gasteiger partial charge in [0.25, 0.3) is 0 Å². The van der Waals surface area contributed by atoms with Gasteiger partial charge >= 0.3 is 17.9 Å². The van der Waals surface area contributed by atoms with E-state index < -0.39 is 6.10 Å². The lowest BCUT2D eigenvalue weighted by molar-refractivity contribution is -0.167. The Bertz CT molecular complexity index is 1310. The van der Waals surface area contributed by atoms with Gasteiger partial charge in [-0.15, -0.1) is 0 Å². The smallest absolute Gasteiger partial charge is 0.306 e. The van der Waals surface area contributed by atoms with Crippen molar-refractivity contribution in [2.45, 2.75) is 367 Å². The van der Waals surface area contributed by atoms with E-state index in [1.807, 2.05) is 0 Å². The molecule has 0 aliphatic heterocycles. The van der Waals surface area contributed by atoms with Crippen LogP contribution in [-0.4, -0.2) is 37.2 Å². The van der Waals surface area contributed by atoms with Crippen LogP contribution in [0, 0.1) is 0 Å². The Kier molecular flexibility index (Phi) is 62.6. The number of carbonyl (C=O) groups excluding carboxylic acids is 3. The molecule has 0 fully saturated rings. The molecular formula is C70H128O6. The van der Waals surface area contributed by atoms with Gasteiger partial charge < -0.3 is 14.2 Å². The lowest BCUT2D eigenvalue weighted by Gasteiger charge is -2.18. The van der Waals surface area contributed by atoms with Gasteiger partial charge in [-0.3, -0.25) is 14.4 Å². The highest BCUT2D eigenvalue weighted by molar-refractivity contribution is 5.71. The van der Waals surface area contributed by atoms with Gasteiger partial charge in [0.15, 0.2) is 6.10 Å². The highest BCUT2D eigenvalue weighted by Gasteiger charge is 2.19. The van der Waals surface area contributed by atoms with Crippen molar-refractivity contribution in [3.05, 3.63) is 48.6 Å². The summed E-state index contributed by atoms with van der Waals surface area (Å²) in [4.78, 5) is 38.4. The molecule has 6 nitrogen and oxygen atoms in total. The molecule has 0 aromatic heterocycles. The summed E-state index contributed by atoms with van der Waals surface area (Å²) in [5.74, 6) is -0.874. The number of unbranched alkanes of at least 4 members (excludes halogenated alkanes) is 43. The monoisotopic (exact) mass is 1060 g/mol. The van der Waals surface area contributed by atoms with Gasteiger partial charge in [0.05, 0.1) is 0 Å². The van der Waals surface area contributed by atoms with E-state index in [0.29, 0.717) is 19.3 Å². The lowest BCUT2D eigenvalue weighted by atomic mass is 10.0. The van der Waals surface area contributed by atoms with E-state index in [4.69, 9.17) is 14.2 Å².